The first-order valence-electron chi connectivity index (χ1n) is 5.99. The quantitative estimate of drug-likeness (QED) is 0.331. The summed E-state index contributed by atoms with van der Waals surface area (Å²) >= 11 is 0. The maximum atomic E-state index is 10.3. The van der Waals surface area contributed by atoms with Gasteiger partial charge in [0.2, 0.25) is 0 Å². The Balaban J connectivity index is 3.72. The molecule has 0 aromatic rings. The van der Waals surface area contributed by atoms with Gasteiger partial charge in [-0.2, -0.15) is 0 Å². The third kappa shape index (κ3) is 9.32. The third-order valence-electron chi connectivity index (χ3n) is 2.70. The highest BCUT2D eigenvalue weighted by molar-refractivity contribution is 5.67. The van der Waals surface area contributed by atoms with Gasteiger partial charge < -0.3 is 10.2 Å². The molecule has 3 unspecified atom stereocenters. The molecular weight excluding hydrogens is 244 g/mol. The first kappa shape index (κ1) is 17.3. The van der Waals surface area contributed by atoms with Gasteiger partial charge in [-0.15, -0.1) is 0 Å². The number of hydrogen-bond donors (Lipinski definition) is 4. The predicted molar refractivity (Wildman–Crippen MR) is 62.0 cm³/mol. The molecule has 0 heterocycles. The van der Waals surface area contributed by atoms with Crippen LogP contribution in [-0.2, 0) is 14.6 Å². The normalized spacial score (nSPS) is 16.2. The molecule has 18 heavy (non-hydrogen) atoms. The van der Waals surface area contributed by atoms with E-state index in [2.05, 4.69) is 9.78 Å². The minimum Gasteiger partial charge on any atom is -0.481 e. The number of aliphatic hydroxyl groups excluding tert-OH is 1. The maximum absolute atomic E-state index is 10.3. The molecule has 0 aliphatic heterocycles. The minimum atomic E-state index is -1.06. The largest absolute Gasteiger partial charge is 0.481 e. The average molecular weight is 266 g/mol. The number of hydrogen-bond acceptors (Lipinski definition) is 6. The fourth-order valence-corrected chi connectivity index (χ4v) is 1.62. The predicted octanol–water partition coefficient (Wildman–Crippen LogP) is 1.51. The van der Waals surface area contributed by atoms with Gasteiger partial charge in [0.25, 0.3) is 0 Å². The second kappa shape index (κ2) is 10.2. The first-order chi connectivity index (χ1) is 8.49. The van der Waals surface area contributed by atoms with Crippen molar-refractivity contribution in [2.24, 2.45) is 0 Å². The first-order valence-corrected chi connectivity index (χ1v) is 5.99. The average Bonchev–Trinajstić information content (AvgIpc) is 2.32. The van der Waals surface area contributed by atoms with Gasteiger partial charge in [-0.05, 0) is 39.0 Å². The van der Waals surface area contributed by atoms with Crippen LogP contribution in [0.4, 0.5) is 0 Å². The van der Waals surface area contributed by atoms with E-state index >= 15 is 0 Å². The van der Waals surface area contributed by atoms with Crippen LogP contribution in [0.25, 0.3) is 0 Å². The summed E-state index contributed by atoms with van der Waals surface area (Å²) in [4.78, 5) is 18.7. The topological polar surface area (TPSA) is 116 Å². The molecule has 0 fully saturated rings. The van der Waals surface area contributed by atoms with E-state index in [1.165, 1.54) is 0 Å². The molecule has 0 spiro atoms. The van der Waals surface area contributed by atoms with Gasteiger partial charge in [-0.25, -0.2) is 9.78 Å². The Kier molecular flexibility index (Phi) is 9.80. The SMILES string of the molecule is CC(CCCC(CCC(O)CC(=O)O)OO)OO. The lowest BCUT2D eigenvalue weighted by Gasteiger charge is -2.15. The van der Waals surface area contributed by atoms with E-state index in [0.717, 1.165) is 0 Å². The third-order valence-corrected chi connectivity index (χ3v) is 2.70. The molecule has 0 saturated heterocycles. The number of rotatable bonds is 11. The molecule has 0 rings (SSSR count). The highest BCUT2D eigenvalue weighted by atomic mass is 17.1. The Hall–Kier alpha value is -0.730. The number of aliphatic carboxylic acids is 1. The lowest BCUT2D eigenvalue weighted by molar-refractivity contribution is -0.285. The van der Waals surface area contributed by atoms with E-state index in [-0.39, 0.29) is 18.9 Å². The lowest BCUT2D eigenvalue weighted by atomic mass is 10.0. The van der Waals surface area contributed by atoms with Crippen LogP contribution in [-0.4, -0.2) is 45.0 Å². The Labute approximate surface area is 106 Å². The van der Waals surface area contributed by atoms with Crippen molar-refractivity contribution in [3.63, 3.8) is 0 Å². The minimum absolute atomic E-state index is 0.254. The Morgan fingerprint density at radius 1 is 1.11 bits per heavy atom. The second-order valence-corrected chi connectivity index (χ2v) is 4.40. The van der Waals surface area contributed by atoms with E-state index in [9.17, 15) is 9.90 Å². The van der Waals surface area contributed by atoms with Crippen molar-refractivity contribution in [2.45, 2.75) is 63.8 Å². The number of aliphatic hydroxyl groups is 1. The van der Waals surface area contributed by atoms with Gasteiger partial charge in [0.15, 0.2) is 0 Å². The molecule has 0 aliphatic rings. The summed E-state index contributed by atoms with van der Waals surface area (Å²) in [5.41, 5.74) is 0. The molecule has 108 valence electrons. The molecule has 0 amide bonds. The van der Waals surface area contributed by atoms with Crippen molar-refractivity contribution in [3.8, 4) is 0 Å². The standard InChI is InChI=1S/C11H22O7/c1-8(17-15)3-2-4-10(18-16)6-5-9(12)7-11(13)14/h8-10,12,15-16H,2-7H2,1H3,(H,13,14). The van der Waals surface area contributed by atoms with Gasteiger partial charge >= 0.3 is 5.97 Å². The zero-order chi connectivity index (χ0) is 14.0. The Morgan fingerprint density at radius 3 is 2.28 bits per heavy atom. The summed E-state index contributed by atoms with van der Waals surface area (Å²) in [5, 5.41) is 34.8. The van der Waals surface area contributed by atoms with E-state index in [0.29, 0.717) is 25.7 Å². The van der Waals surface area contributed by atoms with Gasteiger partial charge in [0.05, 0.1) is 24.7 Å². The highest BCUT2D eigenvalue weighted by Gasteiger charge is 2.15. The monoisotopic (exact) mass is 266 g/mol. The summed E-state index contributed by atoms with van der Waals surface area (Å²) < 4.78 is 0. The fraction of sp³-hybridized carbons (Fsp3) is 0.909. The van der Waals surface area contributed by atoms with E-state index < -0.39 is 18.2 Å². The second-order valence-electron chi connectivity index (χ2n) is 4.40. The lowest BCUT2D eigenvalue weighted by Crippen LogP contribution is -2.18. The van der Waals surface area contributed by atoms with Crippen molar-refractivity contribution >= 4 is 5.97 Å². The summed E-state index contributed by atoms with van der Waals surface area (Å²) in [6.07, 6.45) is 0.511. The molecule has 3 atom stereocenters. The van der Waals surface area contributed by atoms with Crippen LogP contribution in [0, 0.1) is 0 Å². The smallest absolute Gasteiger partial charge is 0.305 e. The summed E-state index contributed by atoms with van der Waals surface area (Å²) in [6, 6.07) is 0. The number of carbonyl (C=O) groups is 1. The molecule has 7 nitrogen and oxygen atoms in total. The molecule has 4 N–H and O–H groups in total. The highest BCUT2D eigenvalue weighted by Crippen LogP contribution is 2.14. The zero-order valence-electron chi connectivity index (χ0n) is 10.5. The summed E-state index contributed by atoms with van der Waals surface area (Å²) in [6.45, 7) is 1.71. The zero-order valence-corrected chi connectivity index (χ0v) is 10.5. The fourth-order valence-electron chi connectivity index (χ4n) is 1.62. The maximum Gasteiger partial charge on any atom is 0.305 e. The molecule has 0 bridgehead atoms. The summed E-state index contributed by atoms with van der Waals surface area (Å²) in [5.74, 6) is -1.06. The van der Waals surface area contributed by atoms with Gasteiger partial charge in [0, 0.05) is 0 Å². The summed E-state index contributed by atoms with van der Waals surface area (Å²) in [7, 11) is 0. The molecule has 0 aromatic carbocycles. The van der Waals surface area contributed by atoms with E-state index in [4.69, 9.17) is 15.6 Å². The van der Waals surface area contributed by atoms with Gasteiger partial charge in [-0.3, -0.25) is 15.3 Å². The van der Waals surface area contributed by atoms with Crippen LogP contribution in [0.15, 0.2) is 0 Å². The number of carboxylic acid groups (broad SMARTS) is 1. The van der Waals surface area contributed by atoms with Crippen LogP contribution >= 0.6 is 0 Å². The van der Waals surface area contributed by atoms with Crippen molar-refractivity contribution in [2.75, 3.05) is 0 Å². The van der Waals surface area contributed by atoms with Gasteiger partial charge in [-0.1, -0.05) is 0 Å². The Morgan fingerprint density at radius 2 is 1.78 bits per heavy atom. The molecule has 7 heteroatoms. The molecule has 0 aromatic heterocycles. The van der Waals surface area contributed by atoms with Crippen molar-refractivity contribution in [1.29, 1.82) is 0 Å². The van der Waals surface area contributed by atoms with Crippen LogP contribution in [0.1, 0.15) is 45.4 Å². The molecule has 0 aliphatic carbocycles. The molecular formula is C11H22O7. The van der Waals surface area contributed by atoms with Crippen molar-refractivity contribution in [1.82, 2.24) is 0 Å². The number of carboxylic acids is 1. The van der Waals surface area contributed by atoms with Gasteiger partial charge in [0.1, 0.15) is 0 Å². The van der Waals surface area contributed by atoms with Crippen LogP contribution in [0.3, 0.4) is 0 Å². The van der Waals surface area contributed by atoms with Crippen LogP contribution in [0.5, 0.6) is 0 Å². The van der Waals surface area contributed by atoms with Crippen LogP contribution < -0.4 is 0 Å². The molecule has 0 saturated carbocycles. The Bertz CT molecular complexity index is 221. The van der Waals surface area contributed by atoms with Crippen molar-refractivity contribution < 1.29 is 35.3 Å². The van der Waals surface area contributed by atoms with Crippen molar-refractivity contribution in [3.05, 3.63) is 0 Å². The van der Waals surface area contributed by atoms with E-state index in [1.54, 1.807) is 6.92 Å². The van der Waals surface area contributed by atoms with E-state index in [1.807, 2.05) is 0 Å². The molecule has 0 radical (unpaired) electrons. The van der Waals surface area contributed by atoms with Crippen LogP contribution in [0.2, 0.25) is 0 Å².